The maximum atomic E-state index is 4.01. The fourth-order valence-electron chi connectivity index (χ4n) is 1.94. The molecule has 1 aromatic rings. The number of hydrogen-bond donors (Lipinski definition) is 1. The van der Waals surface area contributed by atoms with Crippen molar-refractivity contribution in [3.63, 3.8) is 0 Å². The summed E-state index contributed by atoms with van der Waals surface area (Å²) in [7, 11) is 0. The summed E-state index contributed by atoms with van der Waals surface area (Å²) < 4.78 is 0. The average molecular weight is 207 g/mol. The number of hydrogen-bond acceptors (Lipinski definition) is 3. The maximum Gasteiger partial charge on any atom is 0.115 e. The highest BCUT2D eigenvalue weighted by molar-refractivity contribution is 5.39. The first-order valence-electron chi connectivity index (χ1n) is 5.43. The van der Waals surface area contributed by atoms with Gasteiger partial charge in [-0.3, -0.25) is 0 Å². The first-order valence-corrected chi connectivity index (χ1v) is 5.43. The minimum atomic E-state index is 0.226. The lowest BCUT2D eigenvalue weighted by molar-refractivity contribution is 0.280. The normalized spacial score (nSPS) is 14.0. The molecule has 1 rings (SSSR count). The lowest BCUT2D eigenvalue weighted by Crippen LogP contribution is -2.38. The molecule has 1 heterocycles. The fraction of sp³-hybridized carbons (Fsp3) is 0.667. The minimum Gasteiger partial charge on any atom is -0.379 e. The van der Waals surface area contributed by atoms with Crippen molar-refractivity contribution in [1.82, 2.24) is 9.97 Å². The van der Waals surface area contributed by atoms with E-state index in [0.29, 0.717) is 12.0 Å². The Morgan fingerprint density at radius 2 is 1.67 bits per heavy atom. The highest BCUT2D eigenvalue weighted by Crippen LogP contribution is 2.27. The van der Waals surface area contributed by atoms with E-state index in [1.807, 2.05) is 12.4 Å². The van der Waals surface area contributed by atoms with Gasteiger partial charge in [0.25, 0.3) is 0 Å². The van der Waals surface area contributed by atoms with E-state index in [2.05, 4.69) is 49.9 Å². The SMILES string of the molecule is CC(C)C(Nc1cncnc1)C(C)(C)C. The van der Waals surface area contributed by atoms with Crippen molar-refractivity contribution in [1.29, 1.82) is 0 Å². The van der Waals surface area contributed by atoms with Crippen LogP contribution in [0.5, 0.6) is 0 Å². The van der Waals surface area contributed by atoms with Crippen LogP contribution in [0.1, 0.15) is 34.6 Å². The third-order valence-corrected chi connectivity index (χ3v) is 2.48. The van der Waals surface area contributed by atoms with Crippen molar-refractivity contribution in [3.05, 3.63) is 18.7 Å². The van der Waals surface area contributed by atoms with Gasteiger partial charge in [0, 0.05) is 6.04 Å². The standard InChI is InChI=1S/C12H21N3/c1-9(2)11(12(3,4)5)15-10-6-13-8-14-7-10/h6-9,11,15H,1-5H3. The van der Waals surface area contributed by atoms with Gasteiger partial charge in [-0.25, -0.2) is 9.97 Å². The Morgan fingerprint density at radius 3 is 2.07 bits per heavy atom. The number of aromatic nitrogens is 2. The van der Waals surface area contributed by atoms with E-state index >= 15 is 0 Å². The van der Waals surface area contributed by atoms with E-state index in [-0.39, 0.29) is 5.41 Å². The second-order valence-corrected chi connectivity index (χ2v) is 5.36. The maximum absolute atomic E-state index is 4.01. The van der Waals surface area contributed by atoms with Crippen LogP contribution in [0.3, 0.4) is 0 Å². The summed E-state index contributed by atoms with van der Waals surface area (Å²) in [6.07, 6.45) is 5.18. The average Bonchev–Trinajstić information content (AvgIpc) is 2.13. The largest absolute Gasteiger partial charge is 0.379 e. The lowest BCUT2D eigenvalue weighted by atomic mass is 9.80. The Bertz CT molecular complexity index is 287. The van der Waals surface area contributed by atoms with Crippen molar-refractivity contribution >= 4 is 5.69 Å². The molecule has 84 valence electrons. The first kappa shape index (κ1) is 12.0. The summed E-state index contributed by atoms with van der Waals surface area (Å²) in [6, 6.07) is 0.420. The summed E-state index contributed by atoms with van der Waals surface area (Å²) in [5.41, 5.74) is 1.22. The van der Waals surface area contributed by atoms with Gasteiger partial charge in [-0.1, -0.05) is 34.6 Å². The number of nitrogens with zero attached hydrogens (tertiary/aromatic N) is 2. The van der Waals surface area contributed by atoms with Crippen molar-refractivity contribution < 1.29 is 0 Å². The molecule has 0 spiro atoms. The smallest absolute Gasteiger partial charge is 0.115 e. The molecular weight excluding hydrogens is 186 g/mol. The van der Waals surface area contributed by atoms with Crippen molar-refractivity contribution in [2.75, 3.05) is 5.32 Å². The topological polar surface area (TPSA) is 37.8 Å². The molecule has 1 aromatic heterocycles. The first-order chi connectivity index (χ1) is 6.91. The fourth-order valence-corrected chi connectivity index (χ4v) is 1.94. The van der Waals surface area contributed by atoms with Crippen LogP contribution in [0.15, 0.2) is 18.7 Å². The number of rotatable bonds is 3. The molecule has 15 heavy (non-hydrogen) atoms. The molecule has 1 unspecified atom stereocenters. The van der Waals surface area contributed by atoms with Crippen LogP contribution < -0.4 is 5.32 Å². The number of nitrogens with one attached hydrogen (secondary N) is 1. The molecular formula is C12H21N3. The molecule has 1 atom stereocenters. The van der Waals surface area contributed by atoms with Gasteiger partial charge in [0.2, 0.25) is 0 Å². The predicted molar refractivity (Wildman–Crippen MR) is 63.7 cm³/mol. The van der Waals surface area contributed by atoms with Crippen LogP contribution >= 0.6 is 0 Å². The van der Waals surface area contributed by atoms with Gasteiger partial charge < -0.3 is 5.32 Å². The molecule has 0 amide bonds. The van der Waals surface area contributed by atoms with Crippen LogP contribution in [0, 0.1) is 11.3 Å². The Kier molecular flexibility index (Phi) is 3.66. The molecule has 0 saturated heterocycles. The summed E-state index contributed by atoms with van der Waals surface area (Å²) in [5.74, 6) is 0.574. The minimum absolute atomic E-state index is 0.226. The van der Waals surface area contributed by atoms with Crippen LogP contribution in [0.2, 0.25) is 0 Å². The molecule has 0 fully saturated rings. The Morgan fingerprint density at radius 1 is 1.13 bits per heavy atom. The van der Waals surface area contributed by atoms with Crippen LogP contribution in [-0.4, -0.2) is 16.0 Å². The molecule has 3 heteroatoms. The molecule has 0 aromatic carbocycles. The lowest BCUT2D eigenvalue weighted by Gasteiger charge is -2.35. The quantitative estimate of drug-likeness (QED) is 0.828. The zero-order valence-corrected chi connectivity index (χ0v) is 10.3. The van der Waals surface area contributed by atoms with Crippen LogP contribution in [0.4, 0.5) is 5.69 Å². The van der Waals surface area contributed by atoms with Crippen LogP contribution in [-0.2, 0) is 0 Å². The zero-order valence-electron chi connectivity index (χ0n) is 10.3. The molecule has 0 radical (unpaired) electrons. The van der Waals surface area contributed by atoms with Gasteiger partial charge >= 0.3 is 0 Å². The van der Waals surface area contributed by atoms with E-state index < -0.39 is 0 Å². The summed E-state index contributed by atoms with van der Waals surface area (Å²) in [4.78, 5) is 8.01. The summed E-state index contributed by atoms with van der Waals surface area (Å²) in [5, 5.41) is 3.49. The monoisotopic (exact) mass is 207 g/mol. The second kappa shape index (κ2) is 4.60. The molecule has 0 aliphatic heterocycles. The van der Waals surface area contributed by atoms with Gasteiger partial charge in [-0.05, 0) is 11.3 Å². The van der Waals surface area contributed by atoms with Gasteiger partial charge in [0.05, 0.1) is 18.1 Å². The summed E-state index contributed by atoms with van der Waals surface area (Å²) in [6.45, 7) is 11.2. The van der Waals surface area contributed by atoms with Crippen molar-refractivity contribution in [2.24, 2.45) is 11.3 Å². The predicted octanol–water partition coefficient (Wildman–Crippen LogP) is 2.96. The van der Waals surface area contributed by atoms with E-state index in [4.69, 9.17) is 0 Å². The highest BCUT2D eigenvalue weighted by Gasteiger charge is 2.27. The van der Waals surface area contributed by atoms with Gasteiger partial charge in [0.1, 0.15) is 6.33 Å². The molecule has 1 N–H and O–H groups in total. The Hall–Kier alpha value is -1.12. The Labute approximate surface area is 92.3 Å². The van der Waals surface area contributed by atoms with E-state index in [1.54, 1.807) is 6.33 Å². The molecule has 3 nitrogen and oxygen atoms in total. The van der Waals surface area contributed by atoms with Crippen molar-refractivity contribution in [2.45, 2.75) is 40.7 Å². The molecule has 0 aliphatic carbocycles. The molecule has 0 aliphatic rings. The third-order valence-electron chi connectivity index (χ3n) is 2.48. The molecule has 0 bridgehead atoms. The third kappa shape index (κ3) is 3.50. The zero-order chi connectivity index (χ0) is 11.5. The van der Waals surface area contributed by atoms with Gasteiger partial charge in [-0.15, -0.1) is 0 Å². The van der Waals surface area contributed by atoms with Crippen molar-refractivity contribution in [3.8, 4) is 0 Å². The summed E-state index contributed by atoms with van der Waals surface area (Å²) >= 11 is 0. The highest BCUT2D eigenvalue weighted by atomic mass is 15.0. The number of anilines is 1. The van der Waals surface area contributed by atoms with E-state index in [0.717, 1.165) is 5.69 Å². The van der Waals surface area contributed by atoms with E-state index in [9.17, 15) is 0 Å². The van der Waals surface area contributed by atoms with Crippen LogP contribution in [0.25, 0.3) is 0 Å². The van der Waals surface area contributed by atoms with Gasteiger partial charge in [-0.2, -0.15) is 0 Å². The van der Waals surface area contributed by atoms with E-state index in [1.165, 1.54) is 0 Å². The Balaban J connectivity index is 2.77. The second-order valence-electron chi connectivity index (χ2n) is 5.36. The molecule has 0 saturated carbocycles. The van der Waals surface area contributed by atoms with Gasteiger partial charge in [0.15, 0.2) is 0 Å².